The van der Waals surface area contributed by atoms with Crippen molar-refractivity contribution in [2.45, 2.75) is 44.0 Å². The second-order valence-corrected chi connectivity index (χ2v) is 7.50. The van der Waals surface area contributed by atoms with Gasteiger partial charge in [-0.25, -0.2) is 8.42 Å². The molecule has 0 saturated carbocycles. The van der Waals surface area contributed by atoms with Crippen molar-refractivity contribution in [3.63, 3.8) is 0 Å². The van der Waals surface area contributed by atoms with Gasteiger partial charge in [0.05, 0.1) is 0 Å². The molecule has 0 aliphatic rings. The predicted molar refractivity (Wildman–Crippen MR) is 76.4 cm³/mol. The van der Waals surface area contributed by atoms with Crippen molar-refractivity contribution in [3.05, 3.63) is 17.0 Å². The third kappa shape index (κ3) is 3.32. The summed E-state index contributed by atoms with van der Waals surface area (Å²) < 4.78 is 27.0. The summed E-state index contributed by atoms with van der Waals surface area (Å²) in [6, 6.07) is 3.62. The molecule has 0 saturated heterocycles. The van der Waals surface area contributed by atoms with E-state index in [2.05, 4.69) is 5.32 Å². The van der Waals surface area contributed by atoms with Crippen LogP contribution in [0, 0.1) is 0 Å². The van der Waals surface area contributed by atoms with Crippen LogP contribution in [0.1, 0.15) is 32.1 Å². The van der Waals surface area contributed by atoms with Crippen LogP contribution >= 0.6 is 11.3 Å². The van der Waals surface area contributed by atoms with Gasteiger partial charge in [0.15, 0.2) is 0 Å². The highest BCUT2D eigenvalue weighted by atomic mass is 32.2. The Morgan fingerprint density at radius 2 is 2.06 bits per heavy atom. The molecule has 1 unspecified atom stereocenters. The molecule has 0 spiro atoms. The number of rotatable bonds is 7. The molecular formula is C12H22N2O2S2. The van der Waals surface area contributed by atoms with E-state index in [0.717, 1.165) is 11.3 Å². The monoisotopic (exact) mass is 290 g/mol. The number of thiophene rings is 1. The maximum absolute atomic E-state index is 12.5. The lowest BCUT2D eigenvalue weighted by atomic mass is 10.3. The van der Waals surface area contributed by atoms with Gasteiger partial charge >= 0.3 is 0 Å². The molecule has 1 atom stereocenters. The number of hydrogen-bond donors (Lipinski definition) is 1. The van der Waals surface area contributed by atoms with Crippen LogP contribution in [0.25, 0.3) is 0 Å². The highest BCUT2D eigenvalue weighted by Gasteiger charge is 2.28. The summed E-state index contributed by atoms with van der Waals surface area (Å²) in [5, 5.41) is 3.03. The molecule has 1 aromatic heterocycles. The Labute approximate surface area is 114 Å². The molecule has 0 radical (unpaired) electrons. The molecule has 1 heterocycles. The lowest BCUT2D eigenvalue weighted by Gasteiger charge is -2.25. The van der Waals surface area contributed by atoms with Crippen LogP contribution in [-0.2, 0) is 16.6 Å². The molecule has 0 fully saturated rings. The highest BCUT2D eigenvalue weighted by Crippen LogP contribution is 2.26. The van der Waals surface area contributed by atoms with E-state index < -0.39 is 10.0 Å². The standard InChI is InChI=1S/C12H22N2O2S2/c1-5-10(3)14(6-2)18(15,16)12-8-7-11(17-12)9-13-4/h7-8,10,13H,5-6,9H2,1-4H3. The molecule has 0 aliphatic carbocycles. The van der Waals surface area contributed by atoms with Gasteiger partial charge in [-0.3, -0.25) is 0 Å². The lowest BCUT2D eigenvalue weighted by molar-refractivity contribution is 0.343. The van der Waals surface area contributed by atoms with Crippen LogP contribution < -0.4 is 5.32 Å². The van der Waals surface area contributed by atoms with Crippen molar-refractivity contribution < 1.29 is 8.42 Å². The van der Waals surface area contributed by atoms with Crippen LogP contribution in [0.5, 0.6) is 0 Å². The Morgan fingerprint density at radius 3 is 2.56 bits per heavy atom. The van der Waals surface area contributed by atoms with E-state index in [1.807, 2.05) is 33.9 Å². The number of sulfonamides is 1. The third-order valence-electron chi connectivity index (χ3n) is 2.95. The van der Waals surface area contributed by atoms with Gasteiger partial charge < -0.3 is 5.32 Å². The van der Waals surface area contributed by atoms with E-state index in [4.69, 9.17) is 0 Å². The minimum absolute atomic E-state index is 0.0369. The molecule has 1 rings (SSSR count). The average Bonchev–Trinajstić information content (AvgIpc) is 2.79. The summed E-state index contributed by atoms with van der Waals surface area (Å²) in [5.74, 6) is 0. The summed E-state index contributed by atoms with van der Waals surface area (Å²) in [6.07, 6.45) is 0.821. The van der Waals surface area contributed by atoms with Crippen LogP contribution in [-0.4, -0.2) is 32.4 Å². The van der Waals surface area contributed by atoms with E-state index in [9.17, 15) is 8.42 Å². The average molecular weight is 290 g/mol. The molecule has 104 valence electrons. The van der Waals surface area contributed by atoms with Crippen molar-refractivity contribution in [1.82, 2.24) is 9.62 Å². The van der Waals surface area contributed by atoms with Gasteiger partial charge in [0.2, 0.25) is 0 Å². The van der Waals surface area contributed by atoms with Crippen LogP contribution in [0.15, 0.2) is 16.3 Å². The van der Waals surface area contributed by atoms with Gasteiger partial charge in [0.25, 0.3) is 10.0 Å². The molecule has 1 N–H and O–H groups in total. The van der Waals surface area contributed by atoms with Crippen molar-refractivity contribution in [2.75, 3.05) is 13.6 Å². The Balaban J connectivity index is 3.03. The summed E-state index contributed by atoms with van der Waals surface area (Å²) in [5.41, 5.74) is 0. The van der Waals surface area contributed by atoms with Crippen molar-refractivity contribution >= 4 is 21.4 Å². The Kier molecular flexibility index (Phi) is 5.78. The topological polar surface area (TPSA) is 49.4 Å². The van der Waals surface area contributed by atoms with E-state index >= 15 is 0 Å². The molecule has 4 nitrogen and oxygen atoms in total. The fraction of sp³-hybridized carbons (Fsp3) is 0.667. The summed E-state index contributed by atoms with van der Waals surface area (Å²) >= 11 is 1.34. The van der Waals surface area contributed by atoms with Crippen molar-refractivity contribution in [2.24, 2.45) is 0 Å². The highest BCUT2D eigenvalue weighted by molar-refractivity contribution is 7.91. The molecule has 1 aromatic rings. The number of hydrogen-bond acceptors (Lipinski definition) is 4. The summed E-state index contributed by atoms with van der Waals surface area (Å²) in [7, 11) is -1.48. The Hall–Kier alpha value is -0.430. The smallest absolute Gasteiger partial charge is 0.252 e. The second kappa shape index (κ2) is 6.65. The zero-order chi connectivity index (χ0) is 13.8. The first kappa shape index (κ1) is 15.6. The maximum atomic E-state index is 12.5. The minimum atomic E-state index is -3.34. The maximum Gasteiger partial charge on any atom is 0.252 e. The van der Waals surface area contributed by atoms with Gasteiger partial charge in [-0.2, -0.15) is 4.31 Å². The largest absolute Gasteiger partial charge is 0.315 e. The molecular weight excluding hydrogens is 268 g/mol. The fourth-order valence-electron chi connectivity index (χ4n) is 1.80. The number of nitrogens with one attached hydrogen (secondary N) is 1. The molecule has 18 heavy (non-hydrogen) atoms. The SMILES string of the molecule is CCC(C)N(CC)S(=O)(=O)c1ccc(CNC)s1. The first-order valence-corrected chi connectivity index (χ1v) is 8.48. The molecule has 0 amide bonds. The molecule has 0 aliphatic heterocycles. The van der Waals surface area contributed by atoms with Crippen LogP contribution in [0.4, 0.5) is 0 Å². The van der Waals surface area contributed by atoms with Gasteiger partial charge in [-0.1, -0.05) is 13.8 Å². The van der Waals surface area contributed by atoms with E-state index in [-0.39, 0.29) is 6.04 Å². The van der Waals surface area contributed by atoms with Gasteiger partial charge in [0.1, 0.15) is 4.21 Å². The second-order valence-electron chi connectivity index (χ2n) is 4.22. The lowest BCUT2D eigenvalue weighted by Crippen LogP contribution is -2.37. The first-order valence-electron chi connectivity index (χ1n) is 6.22. The van der Waals surface area contributed by atoms with Gasteiger partial charge in [-0.05, 0) is 32.5 Å². The van der Waals surface area contributed by atoms with Crippen molar-refractivity contribution in [1.29, 1.82) is 0 Å². The van der Waals surface area contributed by atoms with Crippen molar-refractivity contribution in [3.8, 4) is 0 Å². The molecule has 0 aromatic carbocycles. The summed E-state index contributed by atoms with van der Waals surface area (Å²) in [6.45, 7) is 7.05. The van der Waals surface area contributed by atoms with Crippen LogP contribution in [0.2, 0.25) is 0 Å². The normalized spacial score (nSPS) is 14.1. The molecule has 0 bridgehead atoms. The third-order valence-corrected chi connectivity index (χ3v) is 6.59. The first-order chi connectivity index (χ1) is 8.47. The number of nitrogens with zero attached hydrogens (tertiary/aromatic N) is 1. The molecule has 6 heteroatoms. The van der Waals surface area contributed by atoms with Crippen LogP contribution in [0.3, 0.4) is 0 Å². The zero-order valence-electron chi connectivity index (χ0n) is 11.4. The van der Waals surface area contributed by atoms with Gasteiger partial charge in [-0.15, -0.1) is 11.3 Å². The fourth-order valence-corrected chi connectivity index (χ4v) is 5.01. The van der Waals surface area contributed by atoms with Gasteiger partial charge in [0, 0.05) is 24.0 Å². The van der Waals surface area contributed by atoms with E-state index in [1.165, 1.54) is 11.3 Å². The predicted octanol–water partition coefficient (Wildman–Crippen LogP) is 2.28. The summed E-state index contributed by atoms with van der Waals surface area (Å²) in [4.78, 5) is 1.04. The van der Waals surface area contributed by atoms with E-state index in [1.54, 1.807) is 10.4 Å². The minimum Gasteiger partial charge on any atom is -0.315 e. The van der Waals surface area contributed by atoms with E-state index in [0.29, 0.717) is 17.3 Å². The Bertz CT molecular complexity index is 468. The zero-order valence-corrected chi connectivity index (χ0v) is 13.1. The Morgan fingerprint density at radius 1 is 1.39 bits per heavy atom. The quantitative estimate of drug-likeness (QED) is 0.838.